The van der Waals surface area contributed by atoms with E-state index in [-0.39, 0.29) is 5.41 Å². The summed E-state index contributed by atoms with van der Waals surface area (Å²) in [6.45, 7) is 15.0. The van der Waals surface area contributed by atoms with Gasteiger partial charge in [-0.25, -0.2) is 0 Å². The fourth-order valence-corrected chi connectivity index (χ4v) is 28.8. The summed E-state index contributed by atoms with van der Waals surface area (Å²) < 4.78 is 11.5. The van der Waals surface area contributed by atoms with E-state index >= 15 is 0 Å². The van der Waals surface area contributed by atoms with Crippen LogP contribution in [0.3, 0.4) is 0 Å². The number of hydrogen-bond donors (Lipinski definition) is 0. The maximum absolute atomic E-state index is 6.57. The highest BCUT2D eigenvalue weighted by molar-refractivity contribution is 7.06. The van der Waals surface area contributed by atoms with Gasteiger partial charge in [-0.2, -0.15) is 0 Å². The minimum Gasteiger partial charge on any atom is -0.456 e. The molecule has 7 heteroatoms. The van der Waals surface area contributed by atoms with Crippen LogP contribution in [0.15, 0.2) is 393 Å². The maximum atomic E-state index is 6.57. The van der Waals surface area contributed by atoms with Crippen LogP contribution in [0.1, 0.15) is 25.0 Å². The maximum Gasteiger partial charge on any atom is 0.137 e. The zero-order chi connectivity index (χ0) is 81.2. The van der Waals surface area contributed by atoms with Crippen LogP contribution in [0, 0.1) is 0 Å². The Morgan fingerprint density at radius 2 is 0.672 bits per heavy atom. The molecule has 0 atom stereocenters. The molecule has 576 valence electrons. The van der Waals surface area contributed by atoms with Crippen molar-refractivity contribution in [1.29, 1.82) is 0 Å². The van der Waals surface area contributed by atoms with Crippen molar-refractivity contribution in [3.05, 3.63) is 399 Å². The Bertz CT molecular complexity index is 8260. The van der Waals surface area contributed by atoms with E-state index in [9.17, 15) is 0 Å². The highest BCUT2D eigenvalue weighted by Crippen LogP contribution is 2.53. The third-order valence-electron chi connectivity index (χ3n) is 27.7. The number of benzene rings is 19. The molecule has 122 heavy (non-hydrogen) atoms. The smallest absolute Gasteiger partial charge is 0.137 e. The summed E-state index contributed by atoms with van der Waals surface area (Å²) in [6, 6.07) is 147. The molecular formula is C115H82N4OSi2. The highest BCUT2D eigenvalue weighted by atomic mass is 28.3. The Labute approximate surface area is 710 Å². The second-order valence-corrected chi connectivity index (χ2v) is 44.1. The van der Waals surface area contributed by atoms with Crippen molar-refractivity contribution >= 4 is 169 Å². The van der Waals surface area contributed by atoms with Crippen molar-refractivity contribution < 1.29 is 4.42 Å². The van der Waals surface area contributed by atoms with Gasteiger partial charge in [0.15, 0.2) is 0 Å². The van der Waals surface area contributed by atoms with Gasteiger partial charge in [-0.3, -0.25) is 0 Å². The minimum atomic E-state index is -2.35. The molecule has 0 bridgehead atoms. The molecule has 0 saturated carbocycles. The lowest BCUT2D eigenvalue weighted by Gasteiger charge is -2.29. The van der Waals surface area contributed by atoms with Crippen LogP contribution < -0.4 is 30.5 Å². The molecular weight excluding hydrogens is 1510 g/mol. The molecule has 1 aliphatic carbocycles. The monoisotopic (exact) mass is 1590 g/mol. The molecule has 3 aliphatic rings. The first-order valence-corrected chi connectivity index (χ1v) is 48.7. The summed E-state index contributed by atoms with van der Waals surface area (Å²) >= 11 is 0. The Kier molecular flexibility index (Phi) is 15.1. The Balaban J connectivity index is 0.606. The second kappa shape index (κ2) is 26.2. The third-order valence-corrected chi connectivity index (χ3v) is 34.9. The molecule has 3 aromatic heterocycles. The summed E-state index contributed by atoms with van der Waals surface area (Å²) in [4.78, 5) is 4.89. The van der Waals surface area contributed by atoms with E-state index in [1.165, 1.54) is 153 Å². The largest absolute Gasteiger partial charge is 0.456 e. The molecule has 5 nitrogen and oxygen atoms in total. The molecule has 5 heterocycles. The number of aromatic nitrogens is 2. The van der Waals surface area contributed by atoms with Crippen LogP contribution in [0.5, 0.6) is 0 Å². The number of anilines is 6. The van der Waals surface area contributed by atoms with Crippen molar-refractivity contribution in [2.75, 3.05) is 9.80 Å². The Hall–Kier alpha value is -14.6. The molecule has 0 fully saturated rings. The van der Waals surface area contributed by atoms with E-state index in [4.69, 9.17) is 4.42 Å². The van der Waals surface area contributed by atoms with Crippen molar-refractivity contribution in [2.45, 2.75) is 45.5 Å². The molecule has 0 radical (unpaired) electrons. The van der Waals surface area contributed by atoms with Crippen LogP contribution in [-0.2, 0) is 5.41 Å². The second-order valence-electron chi connectivity index (χ2n) is 35.6. The van der Waals surface area contributed by atoms with Gasteiger partial charge in [-0.1, -0.05) is 264 Å². The van der Waals surface area contributed by atoms with E-state index in [0.29, 0.717) is 0 Å². The average Bonchev–Trinajstić information content (AvgIpc) is 1.55. The van der Waals surface area contributed by atoms with Gasteiger partial charge in [0, 0.05) is 89.3 Å². The van der Waals surface area contributed by atoms with Gasteiger partial charge in [0.05, 0.1) is 22.1 Å². The lowest BCUT2D eigenvalue weighted by Crippen LogP contribution is -2.49. The van der Waals surface area contributed by atoms with Crippen molar-refractivity contribution in [1.82, 2.24) is 9.13 Å². The lowest BCUT2D eigenvalue weighted by molar-refractivity contribution is 0.660. The van der Waals surface area contributed by atoms with Crippen molar-refractivity contribution in [3.8, 4) is 78.1 Å². The van der Waals surface area contributed by atoms with Gasteiger partial charge in [-0.15, -0.1) is 0 Å². The highest BCUT2D eigenvalue weighted by Gasteiger charge is 2.42. The SMILES string of the molecule is CC1(C)c2ccccc2-c2ccc(N(c3cccc(-c4ccc5c(c4)-c4ccc6cc7c(cc6c4[Si]5(C)C)c4cc(-c5cccc(N(c6ccc8ccccc8c6)c6ccc8c(c6)oc6ccccc68)c5)ccc4n7-c4ccccc4)c3)c3cccc(-c4ccc5c(c4)c4cc6c7c(ccc6cc4n5-c4ccccc4)-c4ccccc4[Si]7(C)C)c3)cc21. The predicted molar refractivity (Wildman–Crippen MR) is 523 cm³/mol. The molecule has 0 saturated heterocycles. The lowest BCUT2D eigenvalue weighted by atomic mass is 9.82. The van der Waals surface area contributed by atoms with Gasteiger partial charge >= 0.3 is 0 Å². The van der Waals surface area contributed by atoms with Gasteiger partial charge in [0.1, 0.15) is 27.3 Å². The number of para-hydroxylation sites is 3. The number of hydrogen-bond acceptors (Lipinski definition) is 3. The Morgan fingerprint density at radius 3 is 1.30 bits per heavy atom. The van der Waals surface area contributed by atoms with Crippen LogP contribution in [0.2, 0.25) is 26.2 Å². The molecule has 22 aromatic rings. The fraction of sp³-hybridized carbons (Fsp3) is 0.0609. The Morgan fingerprint density at radius 1 is 0.238 bits per heavy atom. The minimum absolute atomic E-state index is 0.203. The summed E-state index contributed by atoms with van der Waals surface area (Å²) in [5, 5.41) is 20.9. The third kappa shape index (κ3) is 10.5. The quantitative estimate of drug-likeness (QED) is 0.121. The van der Waals surface area contributed by atoms with Crippen LogP contribution in [-0.4, -0.2) is 25.3 Å². The van der Waals surface area contributed by atoms with E-state index in [2.05, 4.69) is 441 Å². The number of nitrogens with zero attached hydrogens (tertiary/aromatic N) is 4. The number of fused-ring (bicyclic) bond motifs is 23. The summed E-state index contributed by atoms with van der Waals surface area (Å²) in [6.07, 6.45) is 0. The van der Waals surface area contributed by atoms with E-state index in [0.717, 1.165) is 84.1 Å². The van der Waals surface area contributed by atoms with E-state index in [1.807, 2.05) is 6.07 Å². The first-order chi connectivity index (χ1) is 59.7. The van der Waals surface area contributed by atoms with Gasteiger partial charge in [-0.05, 0) is 289 Å². The van der Waals surface area contributed by atoms with Crippen LogP contribution >= 0.6 is 0 Å². The molecule has 0 unspecified atom stereocenters. The molecule has 25 rings (SSSR count). The van der Waals surface area contributed by atoms with Gasteiger partial charge in [0.25, 0.3) is 0 Å². The van der Waals surface area contributed by atoms with E-state index < -0.39 is 16.1 Å². The van der Waals surface area contributed by atoms with Crippen LogP contribution in [0.4, 0.5) is 34.1 Å². The summed E-state index contributed by atoms with van der Waals surface area (Å²) in [7, 11) is -4.40. The first-order valence-electron chi connectivity index (χ1n) is 42.7. The standard InChI is InChI=1S/C115H82N4OSi2/c1-115(2)103-39-18-15-36-89(103)90-53-49-87(67-104(90)115)116(83-33-21-26-73(59-83)76-45-55-105-98(62-76)100-69-96-79(65-107(100)118(105)81-29-9-7-10-30-81)43-51-94-93-38-17-20-41-111(93)121(3,4)113(94)96)84-34-23-28-75(61-84)78-47-57-112-102(64-78)95-52-44-80-66-108-101(70-97(80)114(95)122(112,5)6)99-63-77(46-56-106(99)119(108)82-31-11-8-12-32-82)74-27-22-35-85(60-74)117(86-48-42-71-24-13-14-25-72(71)58-86)88-50-54-92-91-37-16-19-40-109(91)120-110(92)68-88/h7-70H,1-6H3. The number of furan rings is 1. The zero-order valence-electron chi connectivity index (χ0n) is 68.6. The molecule has 0 N–H and O–H groups in total. The normalized spacial score (nSPS) is 13.9. The van der Waals surface area contributed by atoms with Crippen LogP contribution in [0.25, 0.3) is 176 Å². The van der Waals surface area contributed by atoms with Gasteiger partial charge < -0.3 is 23.4 Å². The molecule has 0 amide bonds. The molecule has 19 aromatic carbocycles. The van der Waals surface area contributed by atoms with Crippen molar-refractivity contribution in [2.24, 2.45) is 0 Å². The number of rotatable bonds is 11. The molecule has 0 spiro atoms. The predicted octanol–water partition coefficient (Wildman–Crippen LogP) is 29.1. The first kappa shape index (κ1) is 70.4. The zero-order valence-corrected chi connectivity index (χ0v) is 70.6. The van der Waals surface area contributed by atoms with E-state index in [1.54, 1.807) is 5.19 Å². The van der Waals surface area contributed by atoms with Crippen molar-refractivity contribution in [3.63, 3.8) is 0 Å². The summed E-state index contributed by atoms with van der Waals surface area (Å²) in [5.74, 6) is 0. The average molecular weight is 1590 g/mol. The molecule has 2 aliphatic heterocycles. The summed E-state index contributed by atoms with van der Waals surface area (Å²) in [5.41, 5.74) is 32.9. The fourth-order valence-electron chi connectivity index (χ4n) is 21.9. The topological polar surface area (TPSA) is 29.5 Å². The van der Waals surface area contributed by atoms with Gasteiger partial charge in [0.2, 0.25) is 0 Å².